The molecule has 0 saturated carbocycles. The van der Waals surface area contributed by atoms with Crippen molar-refractivity contribution in [2.45, 2.75) is 6.54 Å². The summed E-state index contributed by atoms with van der Waals surface area (Å²) in [6.45, 7) is 0.417. The molecule has 3 aromatic rings. The Labute approximate surface area is 115 Å². The molecule has 0 spiro atoms. The van der Waals surface area contributed by atoms with Gasteiger partial charge in [-0.3, -0.25) is 0 Å². The maximum Gasteiger partial charge on any atom is 0.247 e. The highest BCUT2D eigenvalue weighted by atomic mass is 19.1. The fourth-order valence-corrected chi connectivity index (χ4v) is 1.90. The van der Waals surface area contributed by atoms with Crippen molar-refractivity contribution < 1.29 is 8.81 Å². The van der Waals surface area contributed by atoms with Gasteiger partial charge in [0, 0.05) is 23.4 Å². The van der Waals surface area contributed by atoms with E-state index in [0.717, 1.165) is 11.3 Å². The van der Waals surface area contributed by atoms with Gasteiger partial charge in [0.25, 0.3) is 0 Å². The number of nitrogens with one attached hydrogen (secondary N) is 1. The van der Waals surface area contributed by atoms with Crippen LogP contribution in [0.4, 0.5) is 10.1 Å². The summed E-state index contributed by atoms with van der Waals surface area (Å²) in [7, 11) is 0. The van der Waals surface area contributed by atoms with Crippen LogP contribution in [0.5, 0.6) is 0 Å². The average molecular weight is 269 g/mol. The van der Waals surface area contributed by atoms with E-state index in [9.17, 15) is 4.39 Å². The topological polar surface area (TPSA) is 51.0 Å². The van der Waals surface area contributed by atoms with Crippen LogP contribution in [0.3, 0.4) is 0 Å². The van der Waals surface area contributed by atoms with Gasteiger partial charge in [0.1, 0.15) is 5.82 Å². The van der Waals surface area contributed by atoms with Gasteiger partial charge in [-0.2, -0.15) is 0 Å². The lowest BCUT2D eigenvalue weighted by atomic mass is 10.1. The predicted molar refractivity (Wildman–Crippen MR) is 73.5 cm³/mol. The van der Waals surface area contributed by atoms with Crippen molar-refractivity contribution in [2.75, 3.05) is 5.32 Å². The summed E-state index contributed by atoms with van der Waals surface area (Å²) in [6, 6.07) is 14.2. The van der Waals surface area contributed by atoms with Crippen molar-refractivity contribution in [3.63, 3.8) is 0 Å². The summed E-state index contributed by atoms with van der Waals surface area (Å²) in [6.07, 6.45) is 1.29. The molecule has 1 aromatic heterocycles. The largest absolute Gasteiger partial charge is 0.423 e. The zero-order valence-corrected chi connectivity index (χ0v) is 10.6. The highest BCUT2D eigenvalue weighted by Gasteiger charge is 2.05. The molecule has 0 aliphatic carbocycles. The van der Waals surface area contributed by atoms with Gasteiger partial charge in [0.2, 0.25) is 12.3 Å². The number of hydrogen-bond donors (Lipinski definition) is 1. The second kappa shape index (κ2) is 5.52. The fourth-order valence-electron chi connectivity index (χ4n) is 1.90. The number of aromatic nitrogens is 2. The zero-order valence-electron chi connectivity index (χ0n) is 10.6. The Kier molecular flexibility index (Phi) is 3.41. The number of nitrogens with zero attached hydrogens (tertiary/aromatic N) is 2. The minimum atomic E-state index is -0.215. The van der Waals surface area contributed by atoms with E-state index < -0.39 is 0 Å². The van der Waals surface area contributed by atoms with Crippen molar-refractivity contribution in [1.29, 1.82) is 0 Å². The molecule has 5 heteroatoms. The molecule has 0 saturated heterocycles. The van der Waals surface area contributed by atoms with E-state index in [1.165, 1.54) is 12.5 Å². The van der Waals surface area contributed by atoms with Crippen molar-refractivity contribution in [1.82, 2.24) is 10.2 Å². The molecule has 1 N–H and O–H groups in total. The molecular formula is C15H12FN3O. The Morgan fingerprint density at radius 3 is 2.80 bits per heavy atom. The highest BCUT2D eigenvalue weighted by molar-refractivity contribution is 5.60. The molecule has 3 rings (SSSR count). The van der Waals surface area contributed by atoms with Crippen molar-refractivity contribution in [2.24, 2.45) is 0 Å². The third kappa shape index (κ3) is 2.66. The Morgan fingerprint density at radius 1 is 1.10 bits per heavy atom. The molecule has 1 heterocycles. The third-order valence-electron chi connectivity index (χ3n) is 2.91. The van der Waals surface area contributed by atoms with E-state index in [2.05, 4.69) is 15.5 Å². The monoisotopic (exact) mass is 269 g/mol. The molecule has 2 aromatic carbocycles. The van der Waals surface area contributed by atoms with Crippen LogP contribution in [0.25, 0.3) is 11.5 Å². The molecular weight excluding hydrogens is 257 g/mol. The molecule has 0 atom stereocenters. The summed E-state index contributed by atoms with van der Waals surface area (Å²) in [4.78, 5) is 0. The molecule has 0 aliphatic heterocycles. The SMILES string of the molecule is Fc1ccccc1CNc1cccc(-c2nnco2)c1. The smallest absolute Gasteiger partial charge is 0.247 e. The first-order valence-electron chi connectivity index (χ1n) is 6.17. The minimum absolute atomic E-state index is 0.215. The lowest BCUT2D eigenvalue weighted by Gasteiger charge is -2.08. The molecule has 20 heavy (non-hydrogen) atoms. The van der Waals surface area contributed by atoms with Crippen LogP contribution in [-0.4, -0.2) is 10.2 Å². The van der Waals surface area contributed by atoms with E-state index in [1.807, 2.05) is 30.3 Å². The molecule has 0 amide bonds. The van der Waals surface area contributed by atoms with Gasteiger partial charge in [-0.1, -0.05) is 24.3 Å². The fraction of sp³-hybridized carbons (Fsp3) is 0.0667. The van der Waals surface area contributed by atoms with Gasteiger partial charge in [-0.25, -0.2) is 4.39 Å². The second-order valence-electron chi connectivity index (χ2n) is 4.27. The third-order valence-corrected chi connectivity index (χ3v) is 2.91. The maximum atomic E-state index is 13.5. The number of hydrogen-bond acceptors (Lipinski definition) is 4. The number of rotatable bonds is 4. The van der Waals surface area contributed by atoms with Gasteiger partial charge in [0.15, 0.2) is 0 Å². The number of anilines is 1. The van der Waals surface area contributed by atoms with Crippen molar-refractivity contribution >= 4 is 5.69 Å². The average Bonchev–Trinajstić information content (AvgIpc) is 3.01. The molecule has 0 fully saturated rings. The first-order chi connectivity index (χ1) is 9.83. The van der Waals surface area contributed by atoms with Gasteiger partial charge in [-0.15, -0.1) is 10.2 Å². The molecule has 0 radical (unpaired) electrons. The Hall–Kier alpha value is -2.69. The normalized spacial score (nSPS) is 10.4. The standard InChI is InChI=1S/C15H12FN3O/c16-14-7-2-1-4-12(14)9-17-13-6-3-5-11(8-13)15-19-18-10-20-15/h1-8,10,17H,9H2. The summed E-state index contributed by atoms with van der Waals surface area (Å²) in [5.74, 6) is 0.243. The van der Waals surface area contributed by atoms with E-state index in [1.54, 1.807) is 12.1 Å². The number of halogens is 1. The molecule has 4 nitrogen and oxygen atoms in total. The van der Waals surface area contributed by atoms with Gasteiger partial charge in [-0.05, 0) is 24.3 Å². The maximum absolute atomic E-state index is 13.5. The van der Waals surface area contributed by atoms with Crippen LogP contribution in [0.15, 0.2) is 59.3 Å². The van der Waals surface area contributed by atoms with E-state index in [0.29, 0.717) is 18.0 Å². The van der Waals surface area contributed by atoms with E-state index in [-0.39, 0.29) is 5.82 Å². The second-order valence-corrected chi connectivity index (χ2v) is 4.27. The molecule has 0 bridgehead atoms. The Bertz CT molecular complexity index is 698. The van der Waals surface area contributed by atoms with Crippen LogP contribution in [0.2, 0.25) is 0 Å². The molecule has 0 aliphatic rings. The minimum Gasteiger partial charge on any atom is -0.423 e. The summed E-state index contributed by atoms with van der Waals surface area (Å²) in [5.41, 5.74) is 2.31. The Morgan fingerprint density at radius 2 is 2.00 bits per heavy atom. The van der Waals surface area contributed by atoms with Crippen molar-refractivity contribution in [3.8, 4) is 11.5 Å². The van der Waals surface area contributed by atoms with Gasteiger partial charge in [0.05, 0.1) is 0 Å². The lowest BCUT2D eigenvalue weighted by molar-refractivity contribution is 0.568. The highest BCUT2D eigenvalue weighted by Crippen LogP contribution is 2.21. The summed E-state index contributed by atoms with van der Waals surface area (Å²) in [5, 5.41) is 10.7. The Balaban J connectivity index is 1.75. The zero-order chi connectivity index (χ0) is 13.8. The van der Waals surface area contributed by atoms with Crippen molar-refractivity contribution in [3.05, 3.63) is 66.3 Å². The summed E-state index contributed by atoms with van der Waals surface area (Å²) < 4.78 is 18.7. The first-order valence-corrected chi connectivity index (χ1v) is 6.17. The van der Waals surface area contributed by atoms with Crippen LogP contribution >= 0.6 is 0 Å². The summed E-state index contributed by atoms with van der Waals surface area (Å²) >= 11 is 0. The van der Waals surface area contributed by atoms with E-state index in [4.69, 9.17) is 4.42 Å². The van der Waals surface area contributed by atoms with Gasteiger partial charge >= 0.3 is 0 Å². The van der Waals surface area contributed by atoms with Gasteiger partial charge < -0.3 is 9.73 Å². The van der Waals surface area contributed by atoms with Crippen LogP contribution < -0.4 is 5.32 Å². The van der Waals surface area contributed by atoms with Crippen LogP contribution in [-0.2, 0) is 6.54 Å². The molecule has 100 valence electrons. The lowest BCUT2D eigenvalue weighted by Crippen LogP contribution is -2.01. The molecule has 0 unspecified atom stereocenters. The predicted octanol–water partition coefficient (Wildman–Crippen LogP) is 3.49. The quantitative estimate of drug-likeness (QED) is 0.787. The first kappa shape index (κ1) is 12.3. The van der Waals surface area contributed by atoms with E-state index >= 15 is 0 Å². The number of benzene rings is 2. The van der Waals surface area contributed by atoms with Crippen LogP contribution in [0, 0.1) is 5.82 Å². The van der Waals surface area contributed by atoms with Crippen LogP contribution in [0.1, 0.15) is 5.56 Å².